The Labute approximate surface area is 127 Å². The second-order valence-corrected chi connectivity index (χ2v) is 8.10. The maximum absolute atomic E-state index is 6.03. The van der Waals surface area contributed by atoms with Crippen LogP contribution in [0.25, 0.3) is 0 Å². The van der Waals surface area contributed by atoms with E-state index in [2.05, 4.69) is 45.7 Å². The van der Waals surface area contributed by atoms with Gasteiger partial charge in [0.15, 0.2) is 0 Å². The Morgan fingerprint density at radius 2 is 2.28 bits per heavy atom. The van der Waals surface area contributed by atoms with Gasteiger partial charge in [-0.2, -0.15) is 11.8 Å². The van der Waals surface area contributed by atoms with Gasteiger partial charge >= 0.3 is 0 Å². The van der Waals surface area contributed by atoms with Crippen molar-refractivity contribution in [2.45, 2.75) is 30.9 Å². The number of hydrogen-bond acceptors (Lipinski definition) is 3. The molecule has 5 heteroatoms. The Hall–Kier alpha value is 0.0700. The quantitative estimate of drug-likeness (QED) is 0.740. The van der Waals surface area contributed by atoms with Crippen molar-refractivity contribution in [2.24, 2.45) is 0 Å². The molecule has 100 valence electrons. The highest BCUT2D eigenvalue weighted by Gasteiger charge is 2.25. The summed E-state index contributed by atoms with van der Waals surface area (Å²) in [7, 11) is 0. The molecule has 1 aliphatic rings. The van der Waals surface area contributed by atoms with Crippen LogP contribution >= 0.6 is 39.3 Å². The summed E-state index contributed by atoms with van der Waals surface area (Å²) in [4.78, 5) is 6.91. The van der Waals surface area contributed by atoms with E-state index < -0.39 is 0 Å². The highest BCUT2D eigenvalue weighted by atomic mass is 79.9. The fourth-order valence-electron chi connectivity index (χ4n) is 2.09. The van der Waals surface area contributed by atoms with Crippen molar-refractivity contribution in [1.29, 1.82) is 0 Å². The zero-order valence-electron chi connectivity index (χ0n) is 10.7. The lowest BCUT2D eigenvalue weighted by Gasteiger charge is -2.25. The lowest BCUT2D eigenvalue weighted by atomic mass is 10.1. The van der Waals surface area contributed by atoms with Crippen LogP contribution < -0.4 is 4.90 Å². The summed E-state index contributed by atoms with van der Waals surface area (Å²) < 4.78 is 1.36. The summed E-state index contributed by atoms with van der Waals surface area (Å²) in [5, 5.41) is 0. The van der Waals surface area contributed by atoms with E-state index in [0.717, 1.165) is 34.7 Å². The van der Waals surface area contributed by atoms with E-state index in [-0.39, 0.29) is 0 Å². The van der Waals surface area contributed by atoms with Gasteiger partial charge in [0, 0.05) is 39.8 Å². The molecule has 18 heavy (non-hydrogen) atoms. The van der Waals surface area contributed by atoms with Crippen molar-refractivity contribution in [3.63, 3.8) is 0 Å². The van der Waals surface area contributed by atoms with E-state index in [1.54, 1.807) is 0 Å². The third-order valence-electron chi connectivity index (χ3n) is 3.19. The monoisotopic (exact) mass is 348 g/mol. The standard InChI is InChI=1S/C13H18BrClN2S/c1-13(2)3-4-17(5-6-18-13)12-10(8-15)7-11(14)9-16-12/h7,9H,3-6,8H2,1-2H3. The number of nitrogens with zero attached hydrogens (tertiary/aromatic N) is 2. The summed E-state index contributed by atoms with van der Waals surface area (Å²) in [5.74, 6) is 2.70. The summed E-state index contributed by atoms with van der Waals surface area (Å²) in [6, 6.07) is 2.07. The highest BCUT2D eigenvalue weighted by molar-refractivity contribution is 9.10. The Balaban J connectivity index is 2.21. The second kappa shape index (κ2) is 6.02. The molecule has 0 atom stereocenters. The van der Waals surface area contributed by atoms with Crippen LogP contribution in [-0.4, -0.2) is 28.6 Å². The molecule has 0 unspecified atom stereocenters. The Morgan fingerprint density at radius 3 is 3.00 bits per heavy atom. The van der Waals surface area contributed by atoms with Crippen LogP contribution in [0.3, 0.4) is 0 Å². The Kier molecular flexibility index (Phi) is 4.84. The minimum atomic E-state index is 0.366. The third-order valence-corrected chi connectivity index (χ3v) is 5.28. The molecule has 0 spiro atoms. The van der Waals surface area contributed by atoms with E-state index in [0.29, 0.717) is 10.6 Å². The average molecular weight is 350 g/mol. The molecule has 2 rings (SSSR count). The first kappa shape index (κ1) is 14.5. The van der Waals surface area contributed by atoms with Gasteiger partial charge in [0.25, 0.3) is 0 Å². The smallest absolute Gasteiger partial charge is 0.133 e. The van der Waals surface area contributed by atoms with E-state index in [1.807, 2.05) is 18.0 Å². The normalized spacial score (nSPS) is 19.7. The predicted molar refractivity (Wildman–Crippen MR) is 84.9 cm³/mol. The van der Waals surface area contributed by atoms with Gasteiger partial charge < -0.3 is 4.90 Å². The largest absolute Gasteiger partial charge is 0.355 e. The number of halogens is 2. The maximum Gasteiger partial charge on any atom is 0.133 e. The fourth-order valence-corrected chi connectivity index (χ4v) is 3.76. The SMILES string of the molecule is CC1(C)CCN(c2ncc(Br)cc2CCl)CCS1. The number of hydrogen-bond donors (Lipinski definition) is 0. The molecule has 1 saturated heterocycles. The van der Waals surface area contributed by atoms with Gasteiger partial charge in [-0.05, 0) is 28.4 Å². The first-order valence-electron chi connectivity index (χ1n) is 6.11. The maximum atomic E-state index is 6.03. The van der Waals surface area contributed by atoms with Gasteiger partial charge in [-0.3, -0.25) is 0 Å². The number of pyridine rings is 1. The molecule has 0 amide bonds. The predicted octanol–water partition coefficient (Wildman–Crippen LogP) is 4.30. The number of aromatic nitrogens is 1. The molecule has 1 aromatic rings. The molecule has 0 N–H and O–H groups in total. The van der Waals surface area contributed by atoms with Gasteiger partial charge in [0.1, 0.15) is 5.82 Å². The topological polar surface area (TPSA) is 16.1 Å². The van der Waals surface area contributed by atoms with Crippen LogP contribution in [0.1, 0.15) is 25.8 Å². The summed E-state index contributed by atoms with van der Waals surface area (Å²) in [6.07, 6.45) is 3.03. The molecule has 0 aromatic carbocycles. The molecule has 1 aliphatic heterocycles. The van der Waals surface area contributed by atoms with Crippen LogP contribution in [0.5, 0.6) is 0 Å². The fraction of sp³-hybridized carbons (Fsp3) is 0.615. The zero-order valence-corrected chi connectivity index (χ0v) is 13.9. The van der Waals surface area contributed by atoms with E-state index in [1.165, 1.54) is 6.42 Å². The van der Waals surface area contributed by atoms with E-state index in [9.17, 15) is 0 Å². The minimum Gasteiger partial charge on any atom is -0.355 e. The Morgan fingerprint density at radius 1 is 1.50 bits per heavy atom. The van der Waals surface area contributed by atoms with E-state index >= 15 is 0 Å². The molecule has 0 aliphatic carbocycles. The number of rotatable bonds is 2. The zero-order chi connectivity index (χ0) is 13.2. The lowest BCUT2D eigenvalue weighted by molar-refractivity contribution is 0.634. The van der Waals surface area contributed by atoms with Crippen molar-refractivity contribution in [3.8, 4) is 0 Å². The first-order valence-corrected chi connectivity index (χ1v) is 8.42. The summed E-state index contributed by atoms with van der Waals surface area (Å²) in [5.41, 5.74) is 1.11. The minimum absolute atomic E-state index is 0.366. The van der Waals surface area contributed by atoms with Gasteiger partial charge in [0.05, 0.1) is 5.88 Å². The molecule has 0 bridgehead atoms. The van der Waals surface area contributed by atoms with Gasteiger partial charge in [-0.15, -0.1) is 11.6 Å². The summed E-state index contributed by atoms with van der Waals surface area (Å²) >= 11 is 11.5. The molecular weight excluding hydrogens is 332 g/mol. The van der Waals surface area contributed by atoms with Gasteiger partial charge in [0.2, 0.25) is 0 Å². The van der Waals surface area contributed by atoms with Crippen molar-refractivity contribution < 1.29 is 0 Å². The highest BCUT2D eigenvalue weighted by Crippen LogP contribution is 2.33. The second-order valence-electron chi connectivity index (χ2n) is 5.12. The van der Waals surface area contributed by atoms with Crippen molar-refractivity contribution >= 4 is 45.1 Å². The van der Waals surface area contributed by atoms with Crippen LogP contribution in [-0.2, 0) is 5.88 Å². The molecular formula is C13H18BrClN2S. The third kappa shape index (κ3) is 3.55. The molecule has 2 heterocycles. The molecule has 1 aromatic heterocycles. The van der Waals surface area contributed by atoms with Crippen LogP contribution in [0.15, 0.2) is 16.7 Å². The number of anilines is 1. The van der Waals surface area contributed by atoms with Crippen molar-refractivity contribution in [1.82, 2.24) is 4.98 Å². The first-order chi connectivity index (χ1) is 8.52. The van der Waals surface area contributed by atoms with Crippen molar-refractivity contribution in [2.75, 3.05) is 23.7 Å². The molecule has 1 fully saturated rings. The Bertz CT molecular complexity index is 425. The molecule has 0 radical (unpaired) electrons. The molecule has 2 nitrogen and oxygen atoms in total. The van der Waals surface area contributed by atoms with Crippen LogP contribution in [0.2, 0.25) is 0 Å². The van der Waals surface area contributed by atoms with Crippen LogP contribution in [0, 0.1) is 0 Å². The van der Waals surface area contributed by atoms with E-state index in [4.69, 9.17) is 11.6 Å². The molecule has 0 saturated carbocycles. The number of thioether (sulfide) groups is 1. The van der Waals surface area contributed by atoms with Gasteiger partial charge in [-0.25, -0.2) is 4.98 Å². The van der Waals surface area contributed by atoms with Crippen molar-refractivity contribution in [3.05, 3.63) is 22.3 Å². The van der Waals surface area contributed by atoms with Crippen LogP contribution in [0.4, 0.5) is 5.82 Å². The number of alkyl halides is 1. The summed E-state index contributed by atoms with van der Waals surface area (Å²) in [6.45, 7) is 6.74. The average Bonchev–Trinajstić information content (AvgIpc) is 2.50. The van der Waals surface area contributed by atoms with Gasteiger partial charge in [-0.1, -0.05) is 13.8 Å². The lowest BCUT2D eigenvalue weighted by Crippen LogP contribution is -2.28.